The van der Waals surface area contributed by atoms with Gasteiger partial charge >= 0.3 is 0 Å². The first-order valence-corrected chi connectivity index (χ1v) is 14.5. The van der Waals surface area contributed by atoms with Gasteiger partial charge in [-0.1, -0.05) is 62.6 Å². The van der Waals surface area contributed by atoms with Crippen LogP contribution in [0.1, 0.15) is 31.4 Å². The summed E-state index contributed by atoms with van der Waals surface area (Å²) in [6.07, 6.45) is 1.69. The molecule has 3 aromatic heterocycles. The maximum absolute atomic E-state index is 13.8. The molecule has 0 amide bonds. The number of hydrogen-bond donors (Lipinski definition) is 0. The van der Waals surface area contributed by atoms with Crippen LogP contribution in [-0.2, 0) is 4.79 Å². The second kappa shape index (κ2) is 10.5. The van der Waals surface area contributed by atoms with Gasteiger partial charge in [-0.25, -0.2) is 4.99 Å². The predicted octanol–water partition coefficient (Wildman–Crippen LogP) is 7.41. The van der Waals surface area contributed by atoms with E-state index in [0.717, 1.165) is 15.6 Å². The number of fused-ring (bicyclic) bond motifs is 1. The van der Waals surface area contributed by atoms with Crippen molar-refractivity contribution in [2.75, 3.05) is 0 Å². The van der Waals surface area contributed by atoms with Crippen molar-refractivity contribution in [3.8, 4) is 22.6 Å². The van der Waals surface area contributed by atoms with Crippen LogP contribution in [0.2, 0.25) is 10.0 Å². The number of carbonyl (C=O) groups is 1. The highest BCUT2D eigenvalue weighted by Gasteiger charge is 2.33. The second-order valence-corrected chi connectivity index (χ2v) is 11.9. The lowest BCUT2D eigenvalue weighted by atomic mass is 9.98. The fourth-order valence-electron chi connectivity index (χ4n) is 4.67. The summed E-state index contributed by atoms with van der Waals surface area (Å²) in [6.45, 7) is 3.23. The molecular formula is C30H19BrCl2N2O4S. The quantitative estimate of drug-likeness (QED) is 0.198. The highest BCUT2D eigenvalue weighted by molar-refractivity contribution is 9.10. The Bertz CT molecular complexity index is 2010. The van der Waals surface area contributed by atoms with Crippen LogP contribution in [0.15, 0.2) is 101 Å². The number of hydrogen-bond acceptors (Lipinski definition) is 6. The Morgan fingerprint density at radius 3 is 2.40 bits per heavy atom. The van der Waals surface area contributed by atoms with E-state index in [2.05, 4.69) is 20.9 Å². The monoisotopic (exact) mass is 652 g/mol. The summed E-state index contributed by atoms with van der Waals surface area (Å²) >= 11 is 16.9. The van der Waals surface area contributed by atoms with Gasteiger partial charge in [-0.05, 0) is 68.4 Å². The summed E-state index contributed by atoms with van der Waals surface area (Å²) in [5, 5.41) is 0.828. The Morgan fingerprint density at radius 2 is 1.68 bits per heavy atom. The summed E-state index contributed by atoms with van der Waals surface area (Å²) in [5.41, 5.74) is 2.27. The number of ketones is 1. The fourth-order valence-corrected chi connectivity index (χ4v) is 6.26. The van der Waals surface area contributed by atoms with Gasteiger partial charge < -0.3 is 8.83 Å². The maximum Gasteiger partial charge on any atom is 0.271 e. The molecule has 5 aromatic rings. The predicted molar refractivity (Wildman–Crippen MR) is 160 cm³/mol. The van der Waals surface area contributed by atoms with E-state index in [4.69, 9.17) is 32.0 Å². The third-order valence-electron chi connectivity index (χ3n) is 6.53. The molecule has 0 unspecified atom stereocenters. The van der Waals surface area contributed by atoms with Gasteiger partial charge in [-0.3, -0.25) is 14.2 Å². The normalized spacial score (nSPS) is 15.3. The molecule has 1 aliphatic rings. The SMILES string of the molecule is CC(=O)C1=C(C)N=c2s/c(=C/c3ccc(-c4ccc(Br)cc4)o3)c(=O)n2[C@@H]1c1ccc(-c2ccc(Cl)c(Cl)c2)o1. The zero-order chi connectivity index (χ0) is 28.1. The Balaban J connectivity index is 1.45. The average Bonchev–Trinajstić information content (AvgIpc) is 3.65. The number of rotatable bonds is 5. The third kappa shape index (κ3) is 4.86. The Hall–Kier alpha value is -3.43. The molecule has 6 nitrogen and oxygen atoms in total. The molecule has 0 N–H and O–H groups in total. The van der Waals surface area contributed by atoms with Gasteiger partial charge in [0.1, 0.15) is 29.1 Å². The smallest absolute Gasteiger partial charge is 0.271 e. The first kappa shape index (κ1) is 26.8. The van der Waals surface area contributed by atoms with E-state index >= 15 is 0 Å². The number of nitrogens with zero attached hydrogens (tertiary/aromatic N) is 2. The number of halogens is 3. The van der Waals surface area contributed by atoms with Crippen molar-refractivity contribution in [1.29, 1.82) is 0 Å². The topological polar surface area (TPSA) is 77.7 Å². The van der Waals surface area contributed by atoms with Gasteiger partial charge in [-0.15, -0.1) is 0 Å². The molecule has 0 bridgehead atoms. The van der Waals surface area contributed by atoms with Crippen LogP contribution in [-0.4, -0.2) is 10.4 Å². The van der Waals surface area contributed by atoms with Crippen molar-refractivity contribution in [2.45, 2.75) is 19.9 Å². The van der Waals surface area contributed by atoms with Crippen LogP contribution in [0.3, 0.4) is 0 Å². The minimum atomic E-state index is -0.776. The highest BCUT2D eigenvalue weighted by atomic mass is 79.9. The molecule has 0 aliphatic carbocycles. The lowest BCUT2D eigenvalue weighted by Gasteiger charge is -2.22. The van der Waals surface area contributed by atoms with Crippen molar-refractivity contribution >= 4 is 62.3 Å². The van der Waals surface area contributed by atoms with E-state index in [-0.39, 0.29) is 11.3 Å². The van der Waals surface area contributed by atoms with Crippen molar-refractivity contribution in [2.24, 2.45) is 4.99 Å². The zero-order valence-corrected chi connectivity index (χ0v) is 25.0. The zero-order valence-electron chi connectivity index (χ0n) is 21.1. The van der Waals surface area contributed by atoms with Gasteiger partial charge in [0, 0.05) is 32.9 Å². The number of Topliss-reactive ketones (excluding diaryl/α,β-unsaturated/α-hetero) is 1. The lowest BCUT2D eigenvalue weighted by molar-refractivity contribution is -0.114. The van der Waals surface area contributed by atoms with Crippen LogP contribution in [0.25, 0.3) is 28.7 Å². The Morgan fingerprint density at radius 1 is 0.975 bits per heavy atom. The largest absolute Gasteiger partial charge is 0.458 e. The van der Waals surface area contributed by atoms with Crippen molar-refractivity contribution in [3.05, 3.63) is 124 Å². The van der Waals surface area contributed by atoms with Crippen molar-refractivity contribution < 1.29 is 13.6 Å². The van der Waals surface area contributed by atoms with E-state index in [1.54, 1.807) is 43.3 Å². The molecule has 1 aliphatic heterocycles. The molecule has 4 heterocycles. The molecule has 200 valence electrons. The molecule has 40 heavy (non-hydrogen) atoms. The van der Waals surface area contributed by atoms with Crippen LogP contribution < -0.4 is 14.9 Å². The first-order valence-electron chi connectivity index (χ1n) is 12.1. The number of benzene rings is 2. The van der Waals surface area contributed by atoms with Crippen molar-refractivity contribution in [1.82, 2.24) is 4.57 Å². The second-order valence-electron chi connectivity index (χ2n) is 9.18. The summed E-state index contributed by atoms with van der Waals surface area (Å²) in [5.74, 6) is 1.98. The summed E-state index contributed by atoms with van der Waals surface area (Å²) in [7, 11) is 0. The van der Waals surface area contributed by atoms with Crippen LogP contribution in [0.5, 0.6) is 0 Å². The molecule has 0 fully saturated rings. The number of thiazole rings is 1. The number of aromatic nitrogens is 1. The van der Waals surface area contributed by atoms with Gasteiger partial charge in [0.15, 0.2) is 10.6 Å². The molecule has 0 saturated heterocycles. The Kier molecular flexibility index (Phi) is 7.04. The number of carbonyl (C=O) groups excluding carboxylic acids is 1. The maximum atomic E-state index is 13.8. The van der Waals surface area contributed by atoms with Crippen LogP contribution in [0, 0.1) is 0 Å². The van der Waals surface area contributed by atoms with E-state index < -0.39 is 6.04 Å². The summed E-state index contributed by atoms with van der Waals surface area (Å²) in [6, 6.07) is 19.4. The number of furan rings is 2. The van der Waals surface area contributed by atoms with Gasteiger partial charge in [0.25, 0.3) is 5.56 Å². The number of allylic oxidation sites excluding steroid dienone is 2. The summed E-state index contributed by atoms with van der Waals surface area (Å²) in [4.78, 5) is 31.7. The minimum Gasteiger partial charge on any atom is -0.458 e. The molecule has 0 spiro atoms. The summed E-state index contributed by atoms with van der Waals surface area (Å²) < 4.78 is 15.1. The Labute approximate surface area is 250 Å². The van der Waals surface area contributed by atoms with Crippen molar-refractivity contribution in [3.63, 3.8) is 0 Å². The van der Waals surface area contributed by atoms with Gasteiger partial charge in [-0.2, -0.15) is 0 Å². The molecule has 6 rings (SSSR count). The lowest BCUT2D eigenvalue weighted by Crippen LogP contribution is -2.39. The van der Waals surface area contributed by atoms with E-state index in [1.807, 2.05) is 36.4 Å². The molecule has 2 aromatic carbocycles. The average molecular weight is 654 g/mol. The third-order valence-corrected chi connectivity index (χ3v) is 8.78. The molecule has 0 saturated carbocycles. The van der Waals surface area contributed by atoms with E-state index in [0.29, 0.717) is 53.7 Å². The fraction of sp³-hybridized carbons (Fsp3) is 0.100. The molecule has 0 radical (unpaired) electrons. The van der Waals surface area contributed by atoms with Gasteiger partial charge in [0.05, 0.1) is 14.6 Å². The molecule has 1 atom stereocenters. The highest BCUT2D eigenvalue weighted by Crippen LogP contribution is 2.35. The van der Waals surface area contributed by atoms with E-state index in [1.165, 1.54) is 22.8 Å². The van der Waals surface area contributed by atoms with Gasteiger partial charge in [0.2, 0.25) is 0 Å². The minimum absolute atomic E-state index is 0.196. The first-order chi connectivity index (χ1) is 19.2. The molecule has 10 heteroatoms. The van der Waals surface area contributed by atoms with E-state index in [9.17, 15) is 9.59 Å². The van der Waals surface area contributed by atoms with Crippen LogP contribution >= 0.6 is 50.5 Å². The molecular weight excluding hydrogens is 635 g/mol. The van der Waals surface area contributed by atoms with Crippen LogP contribution in [0.4, 0.5) is 0 Å². The standard InChI is InChI=1S/C30H19BrCl2N2O4S/c1-15-27(16(2)36)28(25-12-11-24(39-25)18-5-9-21(32)22(33)13-18)35-29(37)26(40-30(35)34-15)14-20-8-10-23(38-20)17-3-6-19(31)7-4-17/h3-14,28H,1-2H3/b26-14+/t28-/m1/s1.